The number of hydrogen-bond acceptors (Lipinski definition) is 4. The van der Waals surface area contributed by atoms with Gasteiger partial charge < -0.3 is 10.6 Å². The number of nitrogens with two attached hydrogens (primary N) is 1. The molecule has 0 radical (unpaired) electrons. The van der Waals surface area contributed by atoms with Crippen LogP contribution < -0.4 is 5.73 Å². The maximum Gasteiger partial charge on any atom is 0.263 e. The number of rotatable bonds is 3. The van der Waals surface area contributed by atoms with Gasteiger partial charge >= 0.3 is 0 Å². The van der Waals surface area contributed by atoms with E-state index >= 15 is 0 Å². The molecular weight excluding hydrogens is 300 g/mol. The largest absolute Gasteiger partial charge is 0.399 e. The zero-order chi connectivity index (χ0) is 14.8. The number of carbonyl (C=O) groups excluding carboxylic acids is 1. The molecule has 1 aliphatic rings. The van der Waals surface area contributed by atoms with Crippen LogP contribution in [0.5, 0.6) is 0 Å². The van der Waals surface area contributed by atoms with E-state index in [1.165, 1.54) is 16.2 Å². The van der Waals surface area contributed by atoms with Gasteiger partial charge in [-0.3, -0.25) is 4.79 Å². The van der Waals surface area contributed by atoms with E-state index in [2.05, 4.69) is 6.07 Å². The van der Waals surface area contributed by atoms with Gasteiger partial charge in [0.1, 0.15) is 0 Å². The number of nitrogen functional groups attached to an aromatic ring is 1. The minimum atomic E-state index is 0.0989. The number of thiophene rings is 1. The van der Waals surface area contributed by atoms with Gasteiger partial charge in [0, 0.05) is 29.9 Å². The number of nitrogens with zero attached hydrogens (tertiary/aromatic N) is 1. The number of carbonyl (C=O) groups is 1. The third kappa shape index (κ3) is 3.24. The number of anilines is 1. The second-order valence-electron chi connectivity index (χ2n) is 5.27. The van der Waals surface area contributed by atoms with Gasteiger partial charge in [-0.25, -0.2) is 0 Å². The van der Waals surface area contributed by atoms with Crippen molar-refractivity contribution in [2.45, 2.75) is 18.7 Å². The van der Waals surface area contributed by atoms with Gasteiger partial charge in [0.05, 0.1) is 4.88 Å². The van der Waals surface area contributed by atoms with Crippen LogP contribution in [0.4, 0.5) is 5.69 Å². The van der Waals surface area contributed by atoms with Crippen molar-refractivity contribution in [3.05, 3.63) is 51.2 Å². The van der Waals surface area contributed by atoms with Gasteiger partial charge in [-0.1, -0.05) is 12.1 Å². The maximum atomic E-state index is 12.6. The number of hydrogen-bond donors (Lipinski definition) is 1. The molecule has 3 nitrogen and oxygen atoms in total. The van der Waals surface area contributed by atoms with Crippen molar-refractivity contribution >= 4 is 34.7 Å². The van der Waals surface area contributed by atoms with Crippen LogP contribution in [-0.4, -0.2) is 23.6 Å². The Labute approximate surface area is 133 Å². The predicted octanol–water partition coefficient (Wildman–Crippen LogP) is 3.39. The van der Waals surface area contributed by atoms with E-state index in [0.29, 0.717) is 6.54 Å². The van der Waals surface area contributed by atoms with E-state index in [4.69, 9.17) is 5.73 Å². The number of fused-ring (bicyclic) bond motifs is 1. The Morgan fingerprint density at radius 1 is 1.38 bits per heavy atom. The summed E-state index contributed by atoms with van der Waals surface area (Å²) in [5.74, 6) is 2.31. The molecule has 2 aromatic rings. The first kappa shape index (κ1) is 14.5. The van der Waals surface area contributed by atoms with Crippen molar-refractivity contribution in [1.29, 1.82) is 0 Å². The fourth-order valence-electron chi connectivity index (χ4n) is 2.48. The molecule has 2 N–H and O–H groups in total. The Morgan fingerprint density at radius 2 is 2.24 bits per heavy atom. The van der Waals surface area contributed by atoms with Crippen molar-refractivity contribution in [3.8, 4) is 0 Å². The van der Waals surface area contributed by atoms with Gasteiger partial charge in [0.2, 0.25) is 0 Å². The minimum absolute atomic E-state index is 0.0989. The molecule has 1 aromatic heterocycles. The third-order valence-electron chi connectivity index (χ3n) is 3.56. The molecule has 0 saturated carbocycles. The molecule has 0 fully saturated rings. The molecule has 0 bridgehead atoms. The summed E-state index contributed by atoms with van der Waals surface area (Å²) in [6.45, 7) is 0.585. The van der Waals surface area contributed by atoms with E-state index in [0.717, 1.165) is 28.3 Å². The summed E-state index contributed by atoms with van der Waals surface area (Å²) in [5.41, 5.74) is 8.92. The molecule has 1 aromatic carbocycles. The molecule has 0 spiro atoms. The highest BCUT2D eigenvalue weighted by Crippen LogP contribution is 2.32. The molecule has 21 heavy (non-hydrogen) atoms. The van der Waals surface area contributed by atoms with E-state index in [1.807, 2.05) is 43.1 Å². The molecule has 1 amide bonds. The van der Waals surface area contributed by atoms with E-state index in [9.17, 15) is 4.79 Å². The third-order valence-corrected chi connectivity index (χ3v) is 5.79. The average molecular weight is 318 g/mol. The van der Waals surface area contributed by atoms with Crippen LogP contribution in [0.25, 0.3) is 0 Å². The first-order chi connectivity index (χ1) is 10.1. The SMILES string of the molecule is CN(Cc1cccc(N)c1)C(=O)c1cc2c(s1)CCSC2. The van der Waals surface area contributed by atoms with E-state index in [-0.39, 0.29) is 5.91 Å². The highest BCUT2D eigenvalue weighted by Gasteiger charge is 2.19. The van der Waals surface area contributed by atoms with Crippen LogP contribution in [0, 0.1) is 0 Å². The maximum absolute atomic E-state index is 12.6. The topological polar surface area (TPSA) is 46.3 Å². The lowest BCUT2D eigenvalue weighted by atomic mass is 10.2. The quantitative estimate of drug-likeness (QED) is 0.882. The molecule has 0 atom stereocenters. The molecule has 1 aliphatic heterocycles. The molecular formula is C16H18N2OS2. The Kier molecular flexibility index (Phi) is 4.22. The van der Waals surface area contributed by atoms with Crippen molar-refractivity contribution < 1.29 is 4.79 Å². The smallest absolute Gasteiger partial charge is 0.263 e. The monoisotopic (exact) mass is 318 g/mol. The Hall–Kier alpha value is -1.46. The average Bonchev–Trinajstić information content (AvgIpc) is 2.90. The lowest BCUT2D eigenvalue weighted by molar-refractivity contribution is 0.0790. The van der Waals surface area contributed by atoms with Crippen LogP contribution >= 0.6 is 23.1 Å². The summed E-state index contributed by atoms with van der Waals surface area (Å²) >= 11 is 3.60. The predicted molar refractivity (Wildman–Crippen MR) is 90.8 cm³/mol. The second kappa shape index (κ2) is 6.12. The lowest BCUT2D eigenvalue weighted by Gasteiger charge is -2.16. The molecule has 0 saturated heterocycles. The highest BCUT2D eigenvalue weighted by molar-refractivity contribution is 7.98. The fraction of sp³-hybridized carbons (Fsp3) is 0.312. The van der Waals surface area contributed by atoms with E-state index < -0.39 is 0 Å². The van der Waals surface area contributed by atoms with Crippen LogP contribution in [0.15, 0.2) is 30.3 Å². The summed E-state index contributed by atoms with van der Waals surface area (Å²) < 4.78 is 0. The molecule has 0 aliphatic carbocycles. The summed E-state index contributed by atoms with van der Waals surface area (Å²) in [6, 6.07) is 9.76. The molecule has 2 heterocycles. The summed E-state index contributed by atoms with van der Waals surface area (Å²) in [5, 5.41) is 0. The van der Waals surface area contributed by atoms with Crippen LogP contribution in [0.1, 0.15) is 25.7 Å². The number of amides is 1. The van der Waals surface area contributed by atoms with Gasteiger partial charge in [0.15, 0.2) is 0 Å². The van der Waals surface area contributed by atoms with Crippen LogP contribution in [-0.2, 0) is 18.7 Å². The Morgan fingerprint density at radius 3 is 3.00 bits per heavy atom. The van der Waals surface area contributed by atoms with Crippen molar-refractivity contribution in [2.75, 3.05) is 18.5 Å². The Bertz CT molecular complexity index is 643. The van der Waals surface area contributed by atoms with Crippen molar-refractivity contribution in [3.63, 3.8) is 0 Å². The normalized spacial score (nSPS) is 13.8. The highest BCUT2D eigenvalue weighted by atomic mass is 32.2. The molecule has 0 unspecified atom stereocenters. The standard InChI is InChI=1S/C16H18N2OS2/c1-18(9-11-3-2-4-13(17)7-11)16(19)15-8-12-10-20-6-5-14(12)21-15/h2-4,7-8H,5-6,9-10,17H2,1H3. The minimum Gasteiger partial charge on any atom is -0.399 e. The number of thioether (sulfide) groups is 1. The first-order valence-corrected chi connectivity index (χ1v) is 8.90. The zero-order valence-electron chi connectivity index (χ0n) is 12.0. The molecule has 110 valence electrons. The van der Waals surface area contributed by atoms with Gasteiger partial charge in [-0.15, -0.1) is 11.3 Å². The van der Waals surface area contributed by atoms with Crippen molar-refractivity contribution in [2.24, 2.45) is 0 Å². The zero-order valence-corrected chi connectivity index (χ0v) is 13.6. The summed E-state index contributed by atoms with van der Waals surface area (Å²) in [7, 11) is 1.85. The number of benzene rings is 1. The molecule has 3 rings (SSSR count). The first-order valence-electron chi connectivity index (χ1n) is 6.92. The summed E-state index contributed by atoms with van der Waals surface area (Å²) in [6.07, 6.45) is 1.09. The molecule has 5 heteroatoms. The van der Waals surface area contributed by atoms with Crippen molar-refractivity contribution in [1.82, 2.24) is 4.90 Å². The van der Waals surface area contributed by atoms with Gasteiger partial charge in [-0.2, -0.15) is 11.8 Å². The van der Waals surface area contributed by atoms with Crippen LogP contribution in [0.2, 0.25) is 0 Å². The summed E-state index contributed by atoms with van der Waals surface area (Å²) in [4.78, 5) is 16.6. The van der Waals surface area contributed by atoms with Gasteiger partial charge in [-0.05, 0) is 41.5 Å². The second-order valence-corrected chi connectivity index (χ2v) is 7.51. The number of aryl methyl sites for hydroxylation is 1. The van der Waals surface area contributed by atoms with Crippen LogP contribution in [0.3, 0.4) is 0 Å². The Balaban J connectivity index is 1.73. The van der Waals surface area contributed by atoms with E-state index in [1.54, 1.807) is 16.2 Å². The fourth-order valence-corrected chi connectivity index (χ4v) is 4.84. The lowest BCUT2D eigenvalue weighted by Crippen LogP contribution is -2.25. The van der Waals surface area contributed by atoms with Gasteiger partial charge in [0.25, 0.3) is 5.91 Å².